The molecule has 0 radical (unpaired) electrons. The van der Waals surface area contributed by atoms with Gasteiger partial charge in [0.15, 0.2) is 0 Å². The number of ether oxygens (including phenoxy) is 1. The highest BCUT2D eigenvalue weighted by molar-refractivity contribution is 5.94. The summed E-state index contributed by atoms with van der Waals surface area (Å²) in [6.45, 7) is 6.89. The summed E-state index contributed by atoms with van der Waals surface area (Å²) in [5.41, 5.74) is 1.74. The fraction of sp³-hybridized carbons (Fsp3) is 0.500. The Bertz CT molecular complexity index is 359. The summed E-state index contributed by atoms with van der Waals surface area (Å²) < 4.78 is 4.96. The molecule has 0 atom stereocenters. The average molecular weight is 250 g/mol. The number of hydrogen-bond donors (Lipinski definition) is 1. The highest BCUT2D eigenvalue weighted by Crippen LogP contribution is 2.11. The van der Waals surface area contributed by atoms with Crippen molar-refractivity contribution in [3.05, 3.63) is 29.8 Å². The van der Waals surface area contributed by atoms with E-state index >= 15 is 0 Å². The summed E-state index contributed by atoms with van der Waals surface area (Å²) in [6, 6.07) is 7.56. The van der Waals surface area contributed by atoms with Gasteiger partial charge < -0.3 is 15.0 Å². The van der Waals surface area contributed by atoms with Crippen molar-refractivity contribution < 1.29 is 9.53 Å². The van der Waals surface area contributed by atoms with Gasteiger partial charge in [-0.3, -0.25) is 4.79 Å². The number of benzene rings is 1. The second-order valence-corrected chi connectivity index (χ2v) is 3.97. The monoisotopic (exact) mass is 250 g/mol. The Morgan fingerprint density at radius 2 is 1.83 bits per heavy atom. The first-order chi connectivity index (χ1) is 8.72. The van der Waals surface area contributed by atoms with E-state index in [1.807, 2.05) is 43.0 Å². The van der Waals surface area contributed by atoms with Gasteiger partial charge in [0.2, 0.25) is 0 Å². The number of carbonyl (C=O) groups excluding carboxylic acids is 1. The molecule has 0 saturated heterocycles. The van der Waals surface area contributed by atoms with E-state index in [0.717, 1.165) is 30.9 Å². The molecular weight excluding hydrogens is 228 g/mol. The van der Waals surface area contributed by atoms with Crippen molar-refractivity contribution in [3.8, 4) is 0 Å². The number of anilines is 1. The molecule has 0 aliphatic rings. The molecule has 1 aromatic carbocycles. The van der Waals surface area contributed by atoms with Gasteiger partial charge in [0, 0.05) is 38.0 Å². The smallest absolute Gasteiger partial charge is 0.253 e. The lowest BCUT2D eigenvalue weighted by molar-refractivity contribution is 0.0773. The molecule has 0 unspecified atom stereocenters. The van der Waals surface area contributed by atoms with Crippen LogP contribution < -0.4 is 5.32 Å². The Labute approximate surface area is 109 Å². The fourth-order valence-corrected chi connectivity index (χ4v) is 1.72. The van der Waals surface area contributed by atoms with Gasteiger partial charge in [-0.1, -0.05) is 0 Å². The van der Waals surface area contributed by atoms with Crippen LogP contribution in [0, 0.1) is 0 Å². The second kappa shape index (κ2) is 7.71. The largest absolute Gasteiger partial charge is 0.383 e. The minimum Gasteiger partial charge on any atom is -0.383 e. The lowest BCUT2D eigenvalue weighted by Gasteiger charge is -2.18. The average Bonchev–Trinajstić information content (AvgIpc) is 2.41. The van der Waals surface area contributed by atoms with Crippen molar-refractivity contribution in [2.75, 3.05) is 38.7 Å². The van der Waals surface area contributed by atoms with E-state index in [9.17, 15) is 4.79 Å². The molecule has 0 saturated carbocycles. The van der Waals surface area contributed by atoms with Crippen LogP contribution in [0.3, 0.4) is 0 Å². The van der Waals surface area contributed by atoms with Crippen molar-refractivity contribution in [3.63, 3.8) is 0 Å². The Hall–Kier alpha value is -1.55. The summed E-state index contributed by atoms with van der Waals surface area (Å²) in [6.07, 6.45) is 0. The van der Waals surface area contributed by atoms with Gasteiger partial charge in [0.05, 0.1) is 6.61 Å². The van der Waals surface area contributed by atoms with E-state index < -0.39 is 0 Å². The van der Waals surface area contributed by atoms with E-state index in [2.05, 4.69) is 5.32 Å². The lowest BCUT2D eigenvalue weighted by atomic mass is 10.2. The zero-order valence-electron chi connectivity index (χ0n) is 11.4. The standard InChI is InChI=1S/C14H22N2O2/c1-4-16(5-2)14(17)12-6-8-13(9-7-12)15-10-11-18-3/h6-9,15H,4-5,10-11H2,1-3H3. The maximum absolute atomic E-state index is 12.1. The first kappa shape index (κ1) is 14.5. The zero-order valence-corrected chi connectivity index (χ0v) is 11.4. The number of methoxy groups -OCH3 is 1. The Kier molecular flexibility index (Phi) is 6.22. The van der Waals surface area contributed by atoms with E-state index in [0.29, 0.717) is 6.61 Å². The molecule has 100 valence electrons. The first-order valence-electron chi connectivity index (χ1n) is 6.35. The number of amides is 1. The second-order valence-electron chi connectivity index (χ2n) is 3.97. The van der Waals surface area contributed by atoms with Crippen LogP contribution in [-0.2, 0) is 4.74 Å². The number of nitrogens with one attached hydrogen (secondary N) is 1. The molecule has 1 rings (SSSR count). The van der Waals surface area contributed by atoms with Gasteiger partial charge in [0.1, 0.15) is 0 Å². The molecule has 0 aliphatic heterocycles. The van der Waals surface area contributed by atoms with Crippen LogP contribution in [0.25, 0.3) is 0 Å². The van der Waals surface area contributed by atoms with Gasteiger partial charge in [-0.2, -0.15) is 0 Å². The van der Waals surface area contributed by atoms with Crippen molar-refractivity contribution in [2.24, 2.45) is 0 Å². The van der Waals surface area contributed by atoms with Crippen molar-refractivity contribution >= 4 is 11.6 Å². The molecule has 0 heterocycles. The lowest BCUT2D eigenvalue weighted by Crippen LogP contribution is -2.30. The molecule has 0 aromatic heterocycles. The van der Waals surface area contributed by atoms with Crippen molar-refractivity contribution in [2.45, 2.75) is 13.8 Å². The summed E-state index contributed by atoms with van der Waals surface area (Å²) in [7, 11) is 1.67. The fourth-order valence-electron chi connectivity index (χ4n) is 1.72. The molecule has 4 nitrogen and oxygen atoms in total. The number of hydrogen-bond acceptors (Lipinski definition) is 3. The highest BCUT2D eigenvalue weighted by atomic mass is 16.5. The molecule has 1 aromatic rings. The topological polar surface area (TPSA) is 41.6 Å². The SMILES string of the molecule is CCN(CC)C(=O)c1ccc(NCCOC)cc1. The van der Waals surface area contributed by atoms with E-state index in [1.165, 1.54) is 0 Å². The van der Waals surface area contributed by atoms with Gasteiger partial charge in [-0.15, -0.1) is 0 Å². The third-order valence-corrected chi connectivity index (χ3v) is 2.82. The molecule has 0 aliphatic carbocycles. The molecule has 4 heteroatoms. The normalized spacial score (nSPS) is 10.2. The van der Waals surface area contributed by atoms with Gasteiger partial charge in [0.25, 0.3) is 5.91 Å². The minimum absolute atomic E-state index is 0.0865. The van der Waals surface area contributed by atoms with Crippen LogP contribution >= 0.6 is 0 Å². The van der Waals surface area contributed by atoms with Crippen molar-refractivity contribution in [1.82, 2.24) is 4.90 Å². The highest BCUT2D eigenvalue weighted by Gasteiger charge is 2.11. The Morgan fingerprint density at radius 1 is 1.22 bits per heavy atom. The number of nitrogens with zero attached hydrogens (tertiary/aromatic N) is 1. The Balaban J connectivity index is 2.61. The van der Waals surface area contributed by atoms with Crippen LogP contribution in [-0.4, -0.2) is 44.2 Å². The van der Waals surface area contributed by atoms with Crippen molar-refractivity contribution in [1.29, 1.82) is 0 Å². The summed E-state index contributed by atoms with van der Waals surface area (Å²) in [4.78, 5) is 13.9. The predicted molar refractivity (Wildman–Crippen MR) is 74.1 cm³/mol. The first-order valence-corrected chi connectivity index (χ1v) is 6.35. The quantitative estimate of drug-likeness (QED) is 0.754. The van der Waals surface area contributed by atoms with Crippen LogP contribution in [0.4, 0.5) is 5.69 Å². The van der Waals surface area contributed by atoms with E-state index in [1.54, 1.807) is 7.11 Å². The van der Waals surface area contributed by atoms with Crippen LogP contribution in [0.1, 0.15) is 24.2 Å². The predicted octanol–water partition coefficient (Wildman–Crippen LogP) is 2.23. The van der Waals surface area contributed by atoms with E-state index in [4.69, 9.17) is 4.74 Å². The molecular formula is C14H22N2O2. The minimum atomic E-state index is 0.0865. The molecule has 0 spiro atoms. The molecule has 1 N–H and O–H groups in total. The summed E-state index contributed by atoms with van der Waals surface area (Å²) in [5.74, 6) is 0.0865. The maximum Gasteiger partial charge on any atom is 0.253 e. The number of rotatable bonds is 7. The Morgan fingerprint density at radius 3 is 2.33 bits per heavy atom. The van der Waals surface area contributed by atoms with Crippen LogP contribution in [0.5, 0.6) is 0 Å². The summed E-state index contributed by atoms with van der Waals surface area (Å²) in [5, 5.41) is 3.22. The van der Waals surface area contributed by atoms with Crippen LogP contribution in [0.15, 0.2) is 24.3 Å². The third-order valence-electron chi connectivity index (χ3n) is 2.82. The van der Waals surface area contributed by atoms with E-state index in [-0.39, 0.29) is 5.91 Å². The zero-order chi connectivity index (χ0) is 13.4. The maximum atomic E-state index is 12.1. The third kappa shape index (κ3) is 4.04. The number of carbonyl (C=O) groups is 1. The molecule has 1 amide bonds. The summed E-state index contributed by atoms with van der Waals surface area (Å²) >= 11 is 0. The molecule has 0 fully saturated rings. The molecule has 18 heavy (non-hydrogen) atoms. The van der Waals surface area contributed by atoms with Crippen LogP contribution in [0.2, 0.25) is 0 Å². The van der Waals surface area contributed by atoms with Gasteiger partial charge in [-0.25, -0.2) is 0 Å². The molecule has 0 bridgehead atoms. The van der Waals surface area contributed by atoms with Gasteiger partial charge >= 0.3 is 0 Å². The van der Waals surface area contributed by atoms with Gasteiger partial charge in [-0.05, 0) is 38.1 Å².